The third-order valence-electron chi connectivity index (χ3n) is 3.40. The molecule has 2 heterocycles. The van der Waals surface area contributed by atoms with Crippen molar-refractivity contribution >= 4 is 27.5 Å². The van der Waals surface area contributed by atoms with E-state index >= 15 is 0 Å². The summed E-state index contributed by atoms with van der Waals surface area (Å²) in [6.07, 6.45) is 1.94. The quantitative estimate of drug-likeness (QED) is 0.813. The first kappa shape index (κ1) is 14.7. The molecule has 0 N–H and O–H groups in total. The van der Waals surface area contributed by atoms with E-state index in [1.807, 2.05) is 20.8 Å². The van der Waals surface area contributed by atoms with Gasteiger partial charge in [0.05, 0.1) is 18.3 Å². The second-order valence-electron chi connectivity index (χ2n) is 4.60. The average Bonchev–Trinajstić information content (AvgIpc) is 2.70. The Balaban J connectivity index is 2.60. The largest absolute Gasteiger partial charge is 0.464 e. The predicted octanol–water partition coefficient (Wildman–Crippen LogP) is 2.59. The molecule has 0 fully saturated rings. The fourth-order valence-electron chi connectivity index (χ4n) is 2.19. The van der Waals surface area contributed by atoms with Crippen LogP contribution >= 0.6 is 11.3 Å². The van der Waals surface area contributed by atoms with Gasteiger partial charge in [0.2, 0.25) is 0 Å². The summed E-state index contributed by atoms with van der Waals surface area (Å²) >= 11 is 1.50. The number of rotatable bonds is 4. The smallest absolute Gasteiger partial charge is 0.329 e. The van der Waals surface area contributed by atoms with Gasteiger partial charge in [0.1, 0.15) is 10.9 Å². The van der Waals surface area contributed by atoms with E-state index in [2.05, 4.69) is 4.98 Å². The van der Waals surface area contributed by atoms with E-state index in [9.17, 15) is 9.59 Å². The molecule has 0 bridgehead atoms. The highest BCUT2D eigenvalue weighted by molar-refractivity contribution is 7.18. The van der Waals surface area contributed by atoms with Crippen LogP contribution in [0, 0.1) is 13.8 Å². The van der Waals surface area contributed by atoms with Crippen LogP contribution in [0.5, 0.6) is 0 Å². The van der Waals surface area contributed by atoms with Crippen LogP contribution in [0.4, 0.5) is 0 Å². The lowest BCUT2D eigenvalue weighted by molar-refractivity contribution is -0.147. The van der Waals surface area contributed by atoms with Crippen LogP contribution in [0.25, 0.3) is 10.2 Å². The minimum absolute atomic E-state index is 0.170. The Labute approximate surface area is 121 Å². The highest BCUT2D eigenvalue weighted by Gasteiger charge is 2.23. The number of hydrogen-bond donors (Lipinski definition) is 0. The molecule has 0 aliphatic heterocycles. The van der Waals surface area contributed by atoms with Crippen LogP contribution in [0.15, 0.2) is 11.1 Å². The molecule has 0 unspecified atom stereocenters. The number of aromatic nitrogens is 2. The van der Waals surface area contributed by atoms with Crippen molar-refractivity contribution in [2.75, 3.05) is 6.61 Å². The van der Waals surface area contributed by atoms with Gasteiger partial charge in [-0.25, -0.2) is 9.78 Å². The molecule has 0 radical (unpaired) electrons. The van der Waals surface area contributed by atoms with Crippen molar-refractivity contribution in [1.29, 1.82) is 0 Å². The van der Waals surface area contributed by atoms with Gasteiger partial charge in [0.15, 0.2) is 0 Å². The molecule has 0 spiro atoms. The topological polar surface area (TPSA) is 61.2 Å². The van der Waals surface area contributed by atoms with Gasteiger partial charge in [-0.15, -0.1) is 11.3 Å². The minimum atomic E-state index is -0.612. The average molecular weight is 294 g/mol. The first-order chi connectivity index (χ1) is 9.51. The summed E-state index contributed by atoms with van der Waals surface area (Å²) in [5.74, 6) is -0.386. The Morgan fingerprint density at radius 3 is 2.75 bits per heavy atom. The highest BCUT2D eigenvalue weighted by atomic mass is 32.1. The maximum Gasteiger partial charge on any atom is 0.329 e. The van der Waals surface area contributed by atoms with E-state index in [4.69, 9.17) is 4.74 Å². The maximum absolute atomic E-state index is 12.6. The fourth-order valence-corrected chi connectivity index (χ4v) is 3.17. The molecule has 108 valence electrons. The van der Waals surface area contributed by atoms with E-state index in [0.717, 1.165) is 15.3 Å². The van der Waals surface area contributed by atoms with Crippen LogP contribution in [0.3, 0.4) is 0 Å². The number of nitrogens with zero attached hydrogens (tertiary/aromatic N) is 2. The SMILES string of the molecule is CCOC(=O)[C@@H](CC)n1cnc2sc(C)c(C)c2c1=O. The Kier molecular flexibility index (Phi) is 4.23. The second kappa shape index (κ2) is 5.75. The molecular weight excluding hydrogens is 276 g/mol. The van der Waals surface area contributed by atoms with Gasteiger partial charge in [0.25, 0.3) is 5.56 Å². The summed E-state index contributed by atoms with van der Waals surface area (Å²) in [4.78, 5) is 30.6. The third kappa shape index (κ3) is 2.35. The molecule has 0 saturated heterocycles. The number of hydrogen-bond acceptors (Lipinski definition) is 5. The van der Waals surface area contributed by atoms with Gasteiger partial charge >= 0.3 is 5.97 Å². The van der Waals surface area contributed by atoms with Gasteiger partial charge < -0.3 is 4.74 Å². The van der Waals surface area contributed by atoms with E-state index in [1.54, 1.807) is 6.92 Å². The van der Waals surface area contributed by atoms with Gasteiger partial charge in [-0.3, -0.25) is 9.36 Å². The molecule has 0 amide bonds. The third-order valence-corrected chi connectivity index (χ3v) is 4.51. The lowest BCUT2D eigenvalue weighted by atomic mass is 10.2. The van der Waals surface area contributed by atoms with Crippen LogP contribution in [-0.4, -0.2) is 22.1 Å². The normalized spacial score (nSPS) is 12.6. The van der Waals surface area contributed by atoms with Crippen LogP contribution in [0.1, 0.15) is 36.8 Å². The first-order valence-corrected chi connectivity index (χ1v) is 7.46. The zero-order chi connectivity index (χ0) is 14.9. The van der Waals surface area contributed by atoms with E-state index < -0.39 is 6.04 Å². The summed E-state index contributed by atoms with van der Waals surface area (Å²) in [6.45, 7) is 7.78. The fraction of sp³-hybridized carbons (Fsp3) is 0.500. The van der Waals surface area contributed by atoms with Crippen LogP contribution in [-0.2, 0) is 9.53 Å². The Morgan fingerprint density at radius 2 is 2.15 bits per heavy atom. The monoisotopic (exact) mass is 294 g/mol. The molecule has 2 rings (SSSR count). The van der Waals surface area contributed by atoms with Gasteiger partial charge in [-0.2, -0.15) is 0 Å². The van der Waals surface area contributed by atoms with Crippen molar-refractivity contribution in [3.8, 4) is 0 Å². The number of fused-ring (bicyclic) bond motifs is 1. The molecule has 2 aromatic heterocycles. The Hall–Kier alpha value is -1.69. The van der Waals surface area contributed by atoms with Crippen LogP contribution in [0.2, 0.25) is 0 Å². The minimum Gasteiger partial charge on any atom is -0.464 e. The summed E-state index contributed by atoms with van der Waals surface area (Å²) in [5.41, 5.74) is 0.771. The Morgan fingerprint density at radius 1 is 1.45 bits per heavy atom. The molecule has 0 aliphatic carbocycles. The molecule has 1 atom stereocenters. The molecular formula is C14H18N2O3S. The molecule has 20 heavy (non-hydrogen) atoms. The van der Waals surface area contributed by atoms with Gasteiger partial charge in [-0.1, -0.05) is 6.92 Å². The number of carbonyl (C=O) groups excluding carboxylic acids is 1. The summed E-state index contributed by atoms with van der Waals surface area (Å²) < 4.78 is 6.42. The maximum atomic E-state index is 12.6. The van der Waals surface area contributed by atoms with E-state index in [0.29, 0.717) is 18.4 Å². The number of thiophene rings is 1. The Bertz CT molecular complexity index is 702. The molecule has 0 saturated carbocycles. The van der Waals surface area contributed by atoms with Crippen LogP contribution < -0.4 is 5.56 Å². The number of ether oxygens (including phenoxy) is 1. The molecule has 5 nitrogen and oxygen atoms in total. The highest BCUT2D eigenvalue weighted by Crippen LogP contribution is 2.26. The van der Waals surface area contributed by atoms with Crippen molar-refractivity contribution in [3.63, 3.8) is 0 Å². The van der Waals surface area contributed by atoms with E-state index in [-0.39, 0.29) is 11.5 Å². The zero-order valence-corrected chi connectivity index (χ0v) is 12.9. The van der Waals surface area contributed by atoms with Crippen molar-refractivity contribution in [2.24, 2.45) is 0 Å². The summed E-state index contributed by atoms with van der Waals surface area (Å²) in [7, 11) is 0. The predicted molar refractivity (Wildman–Crippen MR) is 79.3 cm³/mol. The lowest BCUT2D eigenvalue weighted by Crippen LogP contribution is -2.31. The summed E-state index contributed by atoms with van der Waals surface area (Å²) in [5, 5.41) is 0.609. The lowest BCUT2D eigenvalue weighted by Gasteiger charge is -2.16. The zero-order valence-electron chi connectivity index (χ0n) is 12.1. The number of esters is 1. The standard InChI is InChI=1S/C14H18N2O3S/c1-5-10(14(18)19-6-2)16-7-15-12-11(13(16)17)8(3)9(4)20-12/h7,10H,5-6H2,1-4H3/t10-/m1/s1. The van der Waals surface area contributed by atoms with Gasteiger partial charge in [0, 0.05) is 4.88 Å². The number of aryl methyl sites for hydroxylation is 2. The van der Waals surface area contributed by atoms with Crippen molar-refractivity contribution < 1.29 is 9.53 Å². The van der Waals surface area contributed by atoms with E-state index in [1.165, 1.54) is 22.2 Å². The molecule has 6 heteroatoms. The van der Waals surface area contributed by atoms with Crippen molar-refractivity contribution in [1.82, 2.24) is 9.55 Å². The van der Waals surface area contributed by atoms with Gasteiger partial charge in [-0.05, 0) is 32.8 Å². The first-order valence-electron chi connectivity index (χ1n) is 6.64. The van der Waals surface area contributed by atoms with Crippen molar-refractivity contribution in [3.05, 3.63) is 27.1 Å². The second-order valence-corrected chi connectivity index (χ2v) is 5.80. The number of carbonyl (C=O) groups is 1. The molecule has 0 aliphatic rings. The molecule has 0 aromatic carbocycles. The molecule has 2 aromatic rings. The summed E-state index contributed by atoms with van der Waals surface area (Å²) in [6, 6.07) is -0.612. The van der Waals surface area contributed by atoms with Crippen molar-refractivity contribution in [2.45, 2.75) is 40.2 Å².